The van der Waals surface area contributed by atoms with Gasteiger partial charge in [0.25, 0.3) is 5.91 Å². The van der Waals surface area contributed by atoms with Crippen molar-refractivity contribution in [2.45, 2.75) is 52.5 Å². The van der Waals surface area contributed by atoms with Gasteiger partial charge in [0.2, 0.25) is 0 Å². The number of aryl methyl sites for hydroxylation is 1. The Kier molecular flexibility index (Phi) is 5.05. The van der Waals surface area contributed by atoms with Gasteiger partial charge in [0.15, 0.2) is 0 Å². The van der Waals surface area contributed by atoms with E-state index in [9.17, 15) is 4.79 Å². The summed E-state index contributed by atoms with van der Waals surface area (Å²) in [5, 5.41) is 6.50. The molecule has 1 saturated carbocycles. The molecule has 0 spiro atoms. The SMILES string of the molecule is CCNC(=O)c1ccc(NC2CCCCC2C)c(C)c1. The average Bonchev–Trinajstić information content (AvgIpc) is 2.43. The molecule has 2 unspecified atom stereocenters. The molecule has 0 saturated heterocycles. The van der Waals surface area contributed by atoms with Crippen LogP contribution in [-0.4, -0.2) is 18.5 Å². The zero-order valence-corrected chi connectivity index (χ0v) is 12.8. The third-order valence-electron chi connectivity index (χ3n) is 4.28. The molecule has 0 aromatic heterocycles. The van der Waals surface area contributed by atoms with Crippen molar-refractivity contribution >= 4 is 11.6 Å². The number of carbonyl (C=O) groups is 1. The van der Waals surface area contributed by atoms with E-state index >= 15 is 0 Å². The number of nitrogens with one attached hydrogen (secondary N) is 2. The third kappa shape index (κ3) is 3.53. The van der Waals surface area contributed by atoms with Crippen LogP contribution in [-0.2, 0) is 0 Å². The lowest BCUT2D eigenvalue weighted by Gasteiger charge is -2.31. The minimum atomic E-state index is 0.00758. The van der Waals surface area contributed by atoms with Gasteiger partial charge in [0.1, 0.15) is 0 Å². The lowest BCUT2D eigenvalue weighted by atomic mass is 9.85. The van der Waals surface area contributed by atoms with Gasteiger partial charge >= 0.3 is 0 Å². The minimum Gasteiger partial charge on any atom is -0.382 e. The Hall–Kier alpha value is -1.51. The van der Waals surface area contributed by atoms with Crippen LogP contribution in [0.3, 0.4) is 0 Å². The fourth-order valence-electron chi connectivity index (χ4n) is 2.96. The van der Waals surface area contributed by atoms with Crippen LogP contribution in [0.15, 0.2) is 18.2 Å². The summed E-state index contributed by atoms with van der Waals surface area (Å²) < 4.78 is 0. The van der Waals surface area contributed by atoms with E-state index in [0.29, 0.717) is 12.6 Å². The Morgan fingerprint density at radius 1 is 1.30 bits per heavy atom. The van der Waals surface area contributed by atoms with Crippen molar-refractivity contribution in [2.24, 2.45) is 5.92 Å². The van der Waals surface area contributed by atoms with Crippen LogP contribution in [0.1, 0.15) is 55.5 Å². The van der Waals surface area contributed by atoms with Gasteiger partial charge in [0, 0.05) is 23.8 Å². The molecule has 3 heteroatoms. The summed E-state index contributed by atoms with van der Waals surface area (Å²) in [5.41, 5.74) is 3.05. The van der Waals surface area contributed by atoms with Crippen LogP contribution in [0.5, 0.6) is 0 Å². The minimum absolute atomic E-state index is 0.00758. The maximum Gasteiger partial charge on any atom is 0.251 e. The van der Waals surface area contributed by atoms with E-state index in [-0.39, 0.29) is 5.91 Å². The molecule has 3 nitrogen and oxygen atoms in total. The summed E-state index contributed by atoms with van der Waals surface area (Å²) in [4.78, 5) is 11.8. The second-order valence-electron chi connectivity index (χ2n) is 5.90. The molecule has 1 aromatic rings. The molecule has 1 aliphatic rings. The van der Waals surface area contributed by atoms with E-state index in [2.05, 4.69) is 24.5 Å². The van der Waals surface area contributed by atoms with E-state index in [1.54, 1.807) is 0 Å². The molecule has 1 amide bonds. The maximum atomic E-state index is 11.8. The predicted molar refractivity (Wildman–Crippen MR) is 84.2 cm³/mol. The Balaban J connectivity index is 2.07. The van der Waals surface area contributed by atoms with Crippen molar-refractivity contribution in [3.63, 3.8) is 0 Å². The fourth-order valence-corrected chi connectivity index (χ4v) is 2.96. The van der Waals surface area contributed by atoms with Gasteiger partial charge in [-0.25, -0.2) is 0 Å². The Bertz CT molecular complexity index is 470. The summed E-state index contributed by atoms with van der Waals surface area (Å²) in [5.74, 6) is 0.736. The molecule has 1 fully saturated rings. The zero-order chi connectivity index (χ0) is 14.5. The van der Waals surface area contributed by atoms with E-state index in [0.717, 1.165) is 22.7 Å². The van der Waals surface area contributed by atoms with Gasteiger partial charge in [-0.3, -0.25) is 4.79 Å². The lowest BCUT2D eigenvalue weighted by molar-refractivity contribution is 0.0956. The Morgan fingerprint density at radius 3 is 2.70 bits per heavy atom. The largest absolute Gasteiger partial charge is 0.382 e. The van der Waals surface area contributed by atoms with Crippen LogP contribution in [0.4, 0.5) is 5.69 Å². The van der Waals surface area contributed by atoms with Crippen molar-refractivity contribution in [1.29, 1.82) is 0 Å². The molecule has 110 valence electrons. The Morgan fingerprint density at radius 2 is 2.05 bits per heavy atom. The summed E-state index contributed by atoms with van der Waals surface area (Å²) in [6, 6.07) is 6.49. The van der Waals surface area contributed by atoms with E-state index in [4.69, 9.17) is 0 Å². The predicted octanol–water partition coefficient (Wildman–Crippen LogP) is 3.74. The lowest BCUT2D eigenvalue weighted by Crippen LogP contribution is -2.30. The second-order valence-corrected chi connectivity index (χ2v) is 5.90. The molecule has 2 atom stereocenters. The standard InChI is InChI=1S/C17H26N2O/c1-4-18-17(20)14-9-10-16(13(3)11-14)19-15-8-6-5-7-12(15)2/h9-12,15,19H,4-8H2,1-3H3,(H,18,20). The summed E-state index contributed by atoms with van der Waals surface area (Å²) in [6.07, 6.45) is 5.24. The van der Waals surface area contributed by atoms with E-state index in [1.165, 1.54) is 25.7 Å². The first-order valence-electron chi connectivity index (χ1n) is 7.77. The smallest absolute Gasteiger partial charge is 0.251 e. The van der Waals surface area contributed by atoms with Crippen molar-refractivity contribution < 1.29 is 4.79 Å². The van der Waals surface area contributed by atoms with Crippen LogP contribution < -0.4 is 10.6 Å². The molecule has 1 aliphatic carbocycles. The maximum absolute atomic E-state index is 11.8. The van der Waals surface area contributed by atoms with Gasteiger partial charge < -0.3 is 10.6 Å². The molecular formula is C17H26N2O. The molecule has 1 aromatic carbocycles. The van der Waals surface area contributed by atoms with E-state index < -0.39 is 0 Å². The van der Waals surface area contributed by atoms with Crippen molar-refractivity contribution in [1.82, 2.24) is 5.32 Å². The topological polar surface area (TPSA) is 41.1 Å². The highest BCUT2D eigenvalue weighted by Gasteiger charge is 2.21. The van der Waals surface area contributed by atoms with Crippen LogP contribution in [0, 0.1) is 12.8 Å². The van der Waals surface area contributed by atoms with Crippen molar-refractivity contribution in [3.05, 3.63) is 29.3 Å². The number of rotatable bonds is 4. The first kappa shape index (κ1) is 14.9. The van der Waals surface area contributed by atoms with Gasteiger partial charge in [-0.05, 0) is 56.4 Å². The number of benzene rings is 1. The molecule has 0 bridgehead atoms. The summed E-state index contributed by atoms with van der Waals surface area (Å²) >= 11 is 0. The molecule has 2 rings (SSSR count). The van der Waals surface area contributed by atoms with Gasteiger partial charge in [-0.1, -0.05) is 19.8 Å². The summed E-state index contributed by atoms with van der Waals surface area (Å²) in [7, 11) is 0. The summed E-state index contributed by atoms with van der Waals surface area (Å²) in [6.45, 7) is 7.00. The molecule has 0 aliphatic heterocycles. The first-order valence-corrected chi connectivity index (χ1v) is 7.77. The van der Waals surface area contributed by atoms with Crippen LogP contribution in [0.2, 0.25) is 0 Å². The Labute approximate surface area is 122 Å². The molecule has 0 radical (unpaired) electrons. The van der Waals surface area contributed by atoms with Crippen LogP contribution in [0.25, 0.3) is 0 Å². The highest BCUT2D eigenvalue weighted by Crippen LogP contribution is 2.28. The first-order chi connectivity index (χ1) is 9.61. The molecule has 0 heterocycles. The van der Waals surface area contributed by atoms with Crippen LogP contribution >= 0.6 is 0 Å². The molecule has 2 N–H and O–H groups in total. The molecular weight excluding hydrogens is 248 g/mol. The number of hydrogen-bond donors (Lipinski definition) is 2. The zero-order valence-electron chi connectivity index (χ0n) is 12.8. The molecule has 20 heavy (non-hydrogen) atoms. The normalized spacial score (nSPS) is 22.4. The highest BCUT2D eigenvalue weighted by molar-refractivity contribution is 5.94. The van der Waals surface area contributed by atoms with Gasteiger partial charge in [0.05, 0.1) is 0 Å². The van der Waals surface area contributed by atoms with Crippen molar-refractivity contribution in [2.75, 3.05) is 11.9 Å². The average molecular weight is 274 g/mol. The number of anilines is 1. The van der Waals surface area contributed by atoms with Crippen molar-refractivity contribution in [3.8, 4) is 0 Å². The number of amides is 1. The number of hydrogen-bond acceptors (Lipinski definition) is 2. The quantitative estimate of drug-likeness (QED) is 0.878. The third-order valence-corrected chi connectivity index (χ3v) is 4.28. The fraction of sp³-hybridized carbons (Fsp3) is 0.588. The van der Waals surface area contributed by atoms with Gasteiger partial charge in [-0.15, -0.1) is 0 Å². The highest BCUT2D eigenvalue weighted by atomic mass is 16.1. The van der Waals surface area contributed by atoms with E-state index in [1.807, 2.05) is 25.1 Å². The van der Waals surface area contributed by atoms with Gasteiger partial charge in [-0.2, -0.15) is 0 Å². The second kappa shape index (κ2) is 6.78. The number of carbonyl (C=O) groups excluding carboxylic acids is 1. The monoisotopic (exact) mass is 274 g/mol.